The molecule has 3 nitrogen and oxygen atoms in total. The fourth-order valence-electron chi connectivity index (χ4n) is 0.777. The number of hydrogen-bond donors (Lipinski definition) is 0. The number of halogens is 1. The molecule has 1 aromatic rings. The Morgan fingerprint density at radius 1 is 1.77 bits per heavy atom. The van der Waals surface area contributed by atoms with E-state index in [0.717, 1.165) is 0 Å². The van der Waals surface area contributed by atoms with E-state index in [1.54, 1.807) is 31.5 Å². The van der Waals surface area contributed by atoms with Crippen LogP contribution < -0.4 is 0 Å². The average Bonchev–Trinajstić information content (AvgIpc) is 2.19. The molecule has 0 aliphatic heterocycles. The standard InChI is InChI=1S/C9H10ClNO2/c1-2-8(12)13-9(10)7-4-3-5-11-6-7/h3-6,9H,2H2,1H3. The van der Waals surface area contributed by atoms with Crippen molar-refractivity contribution in [2.75, 3.05) is 0 Å². The van der Waals surface area contributed by atoms with Crippen molar-refractivity contribution in [2.45, 2.75) is 18.9 Å². The first-order chi connectivity index (χ1) is 6.24. The summed E-state index contributed by atoms with van der Waals surface area (Å²) in [6.07, 6.45) is 3.53. The molecule has 0 saturated carbocycles. The number of pyridine rings is 1. The van der Waals surface area contributed by atoms with Crippen LogP contribution in [0, 0.1) is 0 Å². The number of aromatic nitrogens is 1. The number of ether oxygens (including phenoxy) is 1. The second-order valence-electron chi connectivity index (χ2n) is 2.45. The summed E-state index contributed by atoms with van der Waals surface area (Å²) in [5.74, 6) is -0.316. The van der Waals surface area contributed by atoms with E-state index in [9.17, 15) is 4.79 Å². The largest absolute Gasteiger partial charge is 0.441 e. The van der Waals surface area contributed by atoms with Gasteiger partial charge in [0.1, 0.15) is 0 Å². The van der Waals surface area contributed by atoms with Gasteiger partial charge < -0.3 is 4.74 Å². The second-order valence-corrected chi connectivity index (χ2v) is 2.84. The van der Waals surface area contributed by atoms with Crippen molar-refractivity contribution in [2.24, 2.45) is 0 Å². The zero-order chi connectivity index (χ0) is 9.68. The predicted octanol–water partition coefficient (Wildman–Crippen LogP) is 2.27. The van der Waals surface area contributed by atoms with E-state index in [-0.39, 0.29) is 5.97 Å². The highest BCUT2D eigenvalue weighted by Crippen LogP contribution is 2.20. The third-order valence-corrected chi connectivity index (χ3v) is 1.81. The van der Waals surface area contributed by atoms with E-state index in [1.807, 2.05) is 0 Å². The van der Waals surface area contributed by atoms with Gasteiger partial charge in [0.05, 0.1) is 0 Å². The van der Waals surface area contributed by atoms with Crippen molar-refractivity contribution in [1.29, 1.82) is 0 Å². The normalized spacial score (nSPS) is 12.2. The second kappa shape index (κ2) is 4.82. The van der Waals surface area contributed by atoms with Crippen molar-refractivity contribution < 1.29 is 9.53 Å². The molecule has 13 heavy (non-hydrogen) atoms. The van der Waals surface area contributed by atoms with Crippen LogP contribution in [0.1, 0.15) is 24.5 Å². The summed E-state index contributed by atoms with van der Waals surface area (Å²) in [7, 11) is 0. The lowest BCUT2D eigenvalue weighted by Gasteiger charge is -2.09. The van der Waals surface area contributed by atoms with Gasteiger partial charge >= 0.3 is 5.97 Å². The molecule has 0 bridgehead atoms. The molecule has 1 atom stereocenters. The van der Waals surface area contributed by atoms with Crippen LogP contribution in [-0.2, 0) is 9.53 Å². The van der Waals surface area contributed by atoms with Crippen molar-refractivity contribution in [3.63, 3.8) is 0 Å². The topological polar surface area (TPSA) is 39.2 Å². The van der Waals surface area contributed by atoms with Gasteiger partial charge in [0, 0.05) is 24.4 Å². The van der Waals surface area contributed by atoms with Crippen molar-refractivity contribution in [3.8, 4) is 0 Å². The molecule has 0 saturated heterocycles. The van der Waals surface area contributed by atoms with Gasteiger partial charge in [0.25, 0.3) is 0 Å². The van der Waals surface area contributed by atoms with Crippen LogP contribution in [0.3, 0.4) is 0 Å². The summed E-state index contributed by atoms with van der Waals surface area (Å²) in [4.78, 5) is 14.7. The summed E-state index contributed by atoms with van der Waals surface area (Å²) in [5.41, 5.74) is -0.0490. The number of nitrogens with zero attached hydrogens (tertiary/aromatic N) is 1. The van der Waals surface area contributed by atoms with Gasteiger partial charge in [-0.2, -0.15) is 0 Å². The zero-order valence-electron chi connectivity index (χ0n) is 7.24. The number of carbonyl (C=O) groups excluding carboxylic acids is 1. The lowest BCUT2D eigenvalue weighted by molar-refractivity contribution is -0.145. The Bertz CT molecular complexity index is 276. The Kier molecular flexibility index (Phi) is 3.71. The molecular weight excluding hydrogens is 190 g/mol. The maximum atomic E-state index is 10.9. The van der Waals surface area contributed by atoms with Crippen molar-refractivity contribution >= 4 is 17.6 Å². The minimum atomic E-state index is -0.735. The van der Waals surface area contributed by atoms with Gasteiger partial charge in [-0.3, -0.25) is 9.78 Å². The molecule has 0 aromatic carbocycles. The molecule has 70 valence electrons. The van der Waals surface area contributed by atoms with Gasteiger partial charge in [0.15, 0.2) is 0 Å². The lowest BCUT2D eigenvalue weighted by Crippen LogP contribution is -2.05. The smallest absolute Gasteiger partial charge is 0.307 e. The molecule has 0 radical (unpaired) electrons. The Labute approximate surface area is 81.7 Å². The highest BCUT2D eigenvalue weighted by Gasteiger charge is 2.11. The monoisotopic (exact) mass is 199 g/mol. The Hall–Kier alpha value is -1.09. The van der Waals surface area contributed by atoms with Crippen LogP contribution in [0.25, 0.3) is 0 Å². The van der Waals surface area contributed by atoms with Gasteiger partial charge in [-0.1, -0.05) is 24.6 Å². The van der Waals surface area contributed by atoms with E-state index < -0.39 is 5.56 Å². The molecule has 1 heterocycles. The molecule has 1 aromatic heterocycles. The third kappa shape index (κ3) is 3.03. The van der Waals surface area contributed by atoms with Crippen molar-refractivity contribution in [1.82, 2.24) is 4.98 Å². The maximum absolute atomic E-state index is 10.9. The molecule has 0 spiro atoms. The summed E-state index contributed by atoms with van der Waals surface area (Å²) < 4.78 is 4.87. The number of carbonyl (C=O) groups is 1. The Morgan fingerprint density at radius 3 is 3.08 bits per heavy atom. The molecule has 4 heteroatoms. The summed E-state index contributed by atoms with van der Waals surface area (Å²) in [5, 5.41) is 0. The van der Waals surface area contributed by atoms with Gasteiger partial charge in [-0.15, -0.1) is 0 Å². The molecule has 0 aliphatic rings. The van der Waals surface area contributed by atoms with E-state index in [2.05, 4.69) is 4.98 Å². The summed E-state index contributed by atoms with van der Waals surface area (Å²) in [6, 6.07) is 3.50. The maximum Gasteiger partial charge on any atom is 0.307 e. The summed E-state index contributed by atoms with van der Waals surface area (Å²) >= 11 is 5.80. The van der Waals surface area contributed by atoms with Gasteiger partial charge in [0.2, 0.25) is 5.56 Å². The molecule has 0 N–H and O–H groups in total. The van der Waals surface area contributed by atoms with Gasteiger partial charge in [-0.25, -0.2) is 0 Å². The van der Waals surface area contributed by atoms with Crippen LogP contribution in [0.2, 0.25) is 0 Å². The van der Waals surface area contributed by atoms with Crippen LogP contribution in [-0.4, -0.2) is 11.0 Å². The Morgan fingerprint density at radius 2 is 2.54 bits per heavy atom. The number of alkyl halides is 1. The number of esters is 1. The number of hydrogen-bond acceptors (Lipinski definition) is 3. The van der Waals surface area contributed by atoms with E-state index >= 15 is 0 Å². The molecule has 0 aliphatic carbocycles. The van der Waals surface area contributed by atoms with Crippen molar-refractivity contribution in [3.05, 3.63) is 30.1 Å². The summed E-state index contributed by atoms with van der Waals surface area (Å²) in [6.45, 7) is 1.72. The molecule has 0 fully saturated rings. The van der Waals surface area contributed by atoms with E-state index in [1.165, 1.54) is 0 Å². The first-order valence-electron chi connectivity index (χ1n) is 3.97. The third-order valence-electron chi connectivity index (χ3n) is 1.47. The molecule has 0 amide bonds. The van der Waals surface area contributed by atoms with Crippen LogP contribution >= 0.6 is 11.6 Å². The SMILES string of the molecule is CCC(=O)OC(Cl)c1cccnc1. The van der Waals surface area contributed by atoms with Crippen LogP contribution in [0.4, 0.5) is 0 Å². The van der Waals surface area contributed by atoms with Crippen LogP contribution in [0.5, 0.6) is 0 Å². The highest BCUT2D eigenvalue weighted by molar-refractivity contribution is 6.20. The fourth-order valence-corrected chi connectivity index (χ4v) is 1.01. The fraction of sp³-hybridized carbons (Fsp3) is 0.333. The highest BCUT2D eigenvalue weighted by atomic mass is 35.5. The quantitative estimate of drug-likeness (QED) is 0.554. The average molecular weight is 200 g/mol. The van der Waals surface area contributed by atoms with Gasteiger partial charge in [-0.05, 0) is 6.07 Å². The molecular formula is C9H10ClNO2. The van der Waals surface area contributed by atoms with E-state index in [0.29, 0.717) is 12.0 Å². The molecule has 1 rings (SSSR count). The predicted molar refractivity (Wildman–Crippen MR) is 49.2 cm³/mol. The number of rotatable bonds is 3. The molecule has 1 unspecified atom stereocenters. The zero-order valence-corrected chi connectivity index (χ0v) is 7.99. The first kappa shape index (κ1) is 9.99. The lowest BCUT2D eigenvalue weighted by atomic mass is 10.3. The van der Waals surface area contributed by atoms with E-state index in [4.69, 9.17) is 16.3 Å². The first-order valence-corrected chi connectivity index (χ1v) is 4.41. The minimum absolute atomic E-state index is 0.316. The van der Waals surface area contributed by atoms with Crippen LogP contribution in [0.15, 0.2) is 24.5 Å². The Balaban J connectivity index is 2.59. The minimum Gasteiger partial charge on any atom is -0.441 e.